The smallest absolute Gasteiger partial charge is 0.323 e. The first-order valence-electron chi connectivity index (χ1n) is 6.76. The average molecular weight is 280 g/mol. The van der Waals surface area contributed by atoms with Crippen molar-refractivity contribution in [3.8, 4) is 0 Å². The zero-order valence-electron chi connectivity index (χ0n) is 11.8. The van der Waals surface area contributed by atoms with Crippen LogP contribution in [0, 0.1) is 5.41 Å². The molecule has 1 fully saturated rings. The fraction of sp³-hybridized carbons (Fsp3) is 0.615. The molecule has 2 amide bonds. The molecule has 7 nitrogen and oxygen atoms in total. The number of carbonyl (C=O) groups is 2. The first-order chi connectivity index (χ1) is 9.47. The Morgan fingerprint density at radius 1 is 1.55 bits per heavy atom. The van der Waals surface area contributed by atoms with E-state index in [-0.39, 0.29) is 12.6 Å². The molecule has 1 aromatic heterocycles. The van der Waals surface area contributed by atoms with E-state index in [0.29, 0.717) is 31.6 Å². The lowest BCUT2D eigenvalue weighted by atomic mass is 9.78. The molecule has 1 saturated heterocycles. The number of aromatic nitrogens is 2. The maximum absolute atomic E-state index is 12.2. The van der Waals surface area contributed by atoms with Crippen LogP contribution in [0.15, 0.2) is 12.3 Å². The zero-order chi connectivity index (χ0) is 14.8. The van der Waals surface area contributed by atoms with Gasteiger partial charge in [-0.15, -0.1) is 0 Å². The lowest BCUT2D eigenvalue weighted by Crippen LogP contribution is -2.50. The third-order valence-electron chi connectivity index (χ3n) is 3.94. The van der Waals surface area contributed by atoms with Crippen LogP contribution in [0.1, 0.15) is 26.2 Å². The Hall–Kier alpha value is -2.05. The fourth-order valence-electron chi connectivity index (χ4n) is 2.59. The minimum absolute atomic E-state index is 0.248. The molecule has 2 rings (SSSR count). The van der Waals surface area contributed by atoms with Gasteiger partial charge in [0.2, 0.25) is 0 Å². The van der Waals surface area contributed by atoms with Gasteiger partial charge in [0.05, 0.1) is 5.41 Å². The van der Waals surface area contributed by atoms with Gasteiger partial charge in [0.15, 0.2) is 5.82 Å². The SMILES string of the molecule is CCC1(C(=O)O)CCCN(C(=O)Nc2ccn(C)n2)C1. The number of anilines is 1. The number of urea groups is 1. The number of nitrogens with one attached hydrogen (secondary N) is 1. The van der Waals surface area contributed by atoms with E-state index in [0.717, 1.165) is 0 Å². The number of hydrogen-bond acceptors (Lipinski definition) is 3. The van der Waals surface area contributed by atoms with E-state index >= 15 is 0 Å². The summed E-state index contributed by atoms with van der Waals surface area (Å²) in [7, 11) is 1.77. The van der Waals surface area contributed by atoms with Gasteiger partial charge in [0, 0.05) is 32.4 Å². The van der Waals surface area contributed by atoms with Crippen LogP contribution in [0.25, 0.3) is 0 Å². The Morgan fingerprint density at radius 2 is 2.30 bits per heavy atom. The summed E-state index contributed by atoms with van der Waals surface area (Å²) in [6, 6.07) is 1.41. The van der Waals surface area contributed by atoms with Gasteiger partial charge in [-0.2, -0.15) is 5.10 Å². The van der Waals surface area contributed by atoms with E-state index in [2.05, 4.69) is 10.4 Å². The van der Waals surface area contributed by atoms with E-state index in [9.17, 15) is 14.7 Å². The minimum Gasteiger partial charge on any atom is -0.481 e. The molecule has 1 unspecified atom stereocenters. The number of carboxylic acid groups (broad SMARTS) is 1. The second kappa shape index (κ2) is 5.52. The molecule has 2 heterocycles. The summed E-state index contributed by atoms with van der Waals surface area (Å²) in [5, 5.41) is 16.2. The van der Waals surface area contributed by atoms with Gasteiger partial charge in [-0.1, -0.05) is 6.92 Å². The molecule has 0 aliphatic carbocycles. The van der Waals surface area contributed by atoms with Crippen LogP contribution in [0.4, 0.5) is 10.6 Å². The van der Waals surface area contributed by atoms with Crippen LogP contribution >= 0.6 is 0 Å². The standard InChI is InChI=1S/C13H20N4O3/c1-3-13(11(18)19)6-4-7-17(9-13)12(20)14-10-5-8-16(2)15-10/h5,8H,3-4,6-7,9H2,1-2H3,(H,18,19)(H,14,15,20). The summed E-state index contributed by atoms with van der Waals surface area (Å²) < 4.78 is 1.60. The van der Waals surface area contributed by atoms with Gasteiger partial charge in [-0.3, -0.25) is 14.8 Å². The number of carbonyl (C=O) groups excluding carboxylic acids is 1. The number of aliphatic carboxylic acids is 1. The first kappa shape index (κ1) is 14.4. The number of nitrogens with zero attached hydrogens (tertiary/aromatic N) is 3. The number of rotatable bonds is 3. The first-order valence-corrected chi connectivity index (χ1v) is 6.76. The van der Waals surface area contributed by atoms with Crippen molar-refractivity contribution in [3.05, 3.63) is 12.3 Å². The van der Waals surface area contributed by atoms with Crippen LogP contribution in [0.3, 0.4) is 0 Å². The van der Waals surface area contributed by atoms with Crippen molar-refractivity contribution in [2.24, 2.45) is 12.5 Å². The second-order valence-electron chi connectivity index (χ2n) is 5.27. The molecule has 110 valence electrons. The van der Waals surface area contributed by atoms with Gasteiger partial charge in [0.25, 0.3) is 0 Å². The highest BCUT2D eigenvalue weighted by atomic mass is 16.4. The van der Waals surface area contributed by atoms with E-state index in [4.69, 9.17) is 0 Å². The van der Waals surface area contributed by atoms with Gasteiger partial charge in [-0.05, 0) is 19.3 Å². The van der Waals surface area contributed by atoms with Gasteiger partial charge >= 0.3 is 12.0 Å². The monoisotopic (exact) mass is 280 g/mol. The number of carboxylic acids is 1. The largest absolute Gasteiger partial charge is 0.481 e. The molecule has 0 bridgehead atoms. The number of piperidine rings is 1. The van der Waals surface area contributed by atoms with Crippen molar-refractivity contribution in [2.45, 2.75) is 26.2 Å². The third kappa shape index (κ3) is 2.76. The highest BCUT2D eigenvalue weighted by Crippen LogP contribution is 2.33. The normalized spacial score (nSPS) is 22.6. The third-order valence-corrected chi connectivity index (χ3v) is 3.94. The quantitative estimate of drug-likeness (QED) is 0.879. The topological polar surface area (TPSA) is 87.5 Å². The minimum atomic E-state index is -0.824. The number of aryl methyl sites for hydroxylation is 1. The van der Waals surface area contributed by atoms with E-state index in [1.54, 1.807) is 28.9 Å². The maximum Gasteiger partial charge on any atom is 0.323 e. The predicted molar refractivity (Wildman–Crippen MR) is 73.4 cm³/mol. The number of likely N-dealkylation sites (tertiary alicyclic amines) is 1. The summed E-state index contributed by atoms with van der Waals surface area (Å²) in [5.74, 6) is -0.351. The van der Waals surface area contributed by atoms with Crippen LogP contribution in [-0.2, 0) is 11.8 Å². The molecule has 1 aliphatic heterocycles. The molecule has 0 saturated carbocycles. The van der Waals surface area contributed by atoms with Crippen molar-refractivity contribution >= 4 is 17.8 Å². The van der Waals surface area contributed by atoms with Crippen LogP contribution in [-0.4, -0.2) is 44.9 Å². The Balaban J connectivity index is 2.05. The second-order valence-corrected chi connectivity index (χ2v) is 5.27. The van der Waals surface area contributed by atoms with Crippen molar-refractivity contribution < 1.29 is 14.7 Å². The molecule has 0 aromatic carbocycles. The summed E-state index contributed by atoms with van der Waals surface area (Å²) in [5.41, 5.74) is -0.820. The highest BCUT2D eigenvalue weighted by Gasteiger charge is 2.42. The molecule has 1 aromatic rings. The Morgan fingerprint density at radius 3 is 2.85 bits per heavy atom. The van der Waals surface area contributed by atoms with E-state index in [1.165, 1.54) is 0 Å². The molecule has 0 radical (unpaired) electrons. The van der Waals surface area contributed by atoms with Gasteiger partial charge in [0.1, 0.15) is 0 Å². The van der Waals surface area contributed by atoms with Crippen molar-refractivity contribution in [1.29, 1.82) is 0 Å². The molecule has 0 spiro atoms. The summed E-state index contributed by atoms with van der Waals surface area (Å²) in [4.78, 5) is 25.2. The molecular formula is C13H20N4O3. The Kier molecular flexibility index (Phi) is 3.96. The van der Waals surface area contributed by atoms with Crippen LogP contribution in [0.5, 0.6) is 0 Å². The van der Waals surface area contributed by atoms with E-state index < -0.39 is 11.4 Å². The zero-order valence-corrected chi connectivity index (χ0v) is 11.8. The lowest BCUT2D eigenvalue weighted by Gasteiger charge is -2.39. The highest BCUT2D eigenvalue weighted by molar-refractivity contribution is 5.89. The Labute approximate surface area is 117 Å². The average Bonchev–Trinajstić information content (AvgIpc) is 2.83. The van der Waals surface area contributed by atoms with Crippen molar-refractivity contribution in [2.75, 3.05) is 18.4 Å². The maximum atomic E-state index is 12.2. The summed E-state index contributed by atoms with van der Waals surface area (Å²) in [6.45, 7) is 2.68. The summed E-state index contributed by atoms with van der Waals surface area (Å²) >= 11 is 0. The van der Waals surface area contributed by atoms with Crippen molar-refractivity contribution in [3.63, 3.8) is 0 Å². The predicted octanol–water partition coefficient (Wildman–Crippen LogP) is 1.53. The molecule has 2 N–H and O–H groups in total. The van der Waals surface area contributed by atoms with Crippen LogP contribution < -0.4 is 5.32 Å². The van der Waals surface area contributed by atoms with Crippen molar-refractivity contribution in [1.82, 2.24) is 14.7 Å². The number of hydrogen-bond donors (Lipinski definition) is 2. The lowest BCUT2D eigenvalue weighted by molar-refractivity contribution is -0.152. The molecule has 1 atom stereocenters. The molecule has 1 aliphatic rings. The van der Waals surface area contributed by atoms with E-state index in [1.807, 2.05) is 6.92 Å². The van der Waals surface area contributed by atoms with Gasteiger partial charge < -0.3 is 10.0 Å². The summed E-state index contributed by atoms with van der Waals surface area (Å²) in [6.07, 6.45) is 3.58. The molecule has 20 heavy (non-hydrogen) atoms. The fourth-order valence-corrected chi connectivity index (χ4v) is 2.59. The van der Waals surface area contributed by atoms with Crippen LogP contribution in [0.2, 0.25) is 0 Å². The molecule has 7 heteroatoms. The van der Waals surface area contributed by atoms with Gasteiger partial charge in [-0.25, -0.2) is 4.79 Å². The molecular weight excluding hydrogens is 260 g/mol. The number of amides is 2. The Bertz CT molecular complexity index is 513.